The summed E-state index contributed by atoms with van der Waals surface area (Å²) in [6, 6.07) is 11.4. The first-order valence-corrected chi connectivity index (χ1v) is 8.37. The lowest BCUT2D eigenvalue weighted by atomic mass is 10.1. The number of amides is 1. The van der Waals surface area contributed by atoms with Crippen LogP contribution in [0.25, 0.3) is 0 Å². The van der Waals surface area contributed by atoms with Crippen LogP contribution >= 0.6 is 0 Å². The van der Waals surface area contributed by atoms with Gasteiger partial charge < -0.3 is 24.6 Å². The number of ether oxygens (including phenoxy) is 3. The van der Waals surface area contributed by atoms with E-state index < -0.39 is 18.0 Å². The Kier molecular flexibility index (Phi) is 6.79. The maximum absolute atomic E-state index is 12.7. The van der Waals surface area contributed by atoms with Gasteiger partial charge in [-0.05, 0) is 49.7 Å². The summed E-state index contributed by atoms with van der Waals surface area (Å²) >= 11 is 0. The monoisotopic (exact) mass is 373 g/mol. The number of anilines is 1. The summed E-state index contributed by atoms with van der Waals surface area (Å²) < 4.78 is 16.0. The maximum atomic E-state index is 12.7. The van der Waals surface area contributed by atoms with Crippen molar-refractivity contribution in [1.29, 1.82) is 0 Å². The summed E-state index contributed by atoms with van der Waals surface area (Å²) in [6.07, 6.45) is -1.02. The second-order valence-corrected chi connectivity index (χ2v) is 6.06. The van der Waals surface area contributed by atoms with Gasteiger partial charge in [0.2, 0.25) is 0 Å². The predicted molar refractivity (Wildman–Crippen MR) is 101 cm³/mol. The van der Waals surface area contributed by atoms with Crippen LogP contribution in [0.15, 0.2) is 42.5 Å². The molecular formula is C20H23NO6. The Labute approximate surface area is 157 Å². The molecular weight excluding hydrogens is 350 g/mol. The van der Waals surface area contributed by atoms with Gasteiger partial charge in [0.25, 0.3) is 5.91 Å². The van der Waals surface area contributed by atoms with Crippen LogP contribution in [0.3, 0.4) is 0 Å². The molecule has 0 aliphatic rings. The zero-order valence-electron chi connectivity index (χ0n) is 15.7. The van der Waals surface area contributed by atoms with Gasteiger partial charge in [-0.2, -0.15) is 0 Å². The molecule has 2 aromatic carbocycles. The average molecular weight is 373 g/mol. The Hall–Kier alpha value is -3.06. The van der Waals surface area contributed by atoms with E-state index in [4.69, 9.17) is 14.2 Å². The Balaban J connectivity index is 2.28. The maximum Gasteiger partial charge on any atom is 0.337 e. The molecule has 2 aromatic rings. The topological polar surface area (TPSA) is 94.1 Å². The van der Waals surface area contributed by atoms with Crippen molar-refractivity contribution in [1.82, 2.24) is 0 Å². The predicted octanol–water partition coefficient (Wildman–Crippen LogP) is 3.51. The molecule has 7 nitrogen and oxygen atoms in total. The minimum atomic E-state index is -1.17. The fourth-order valence-electron chi connectivity index (χ4n) is 2.55. The van der Waals surface area contributed by atoms with Gasteiger partial charge in [0, 0.05) is 7.11 Å². The molecule has 0 heterocycles. The molecule has 1 amide bonds. The number of nitrogens with one attached hydrogen (secondary N) is 1. The van der Waals surface area contributed by atoms with Crippen LogP contribution in [0.4, 0.5) is 5.69 Å². The Morgan fingerprint density at radius 1 is 1.04 bits per heavy atom. The van der Waals surface area contributed by atoms with Crippen LogP contribution in [0.2, 0.25) is 0 Å². The van der Waals surface area contributed by atoms with E-state index in [1.54, 1.807) is 30.3 Å². The highest BCUT2D eigenvalue weighted by atomic mass is 16.5. The van der Waals surface area contributed by atoms with E-state index in [0.29, 0.717) is 17.1 Å². The molecule has 2 rings (SSSR count). The van der Waals surface area contributed by atoms with Gasteiger partial charge in [0.1, 0.15) is 11.5 Å². The number of methoxy groups -OCH3 is 2. The average Bonchev–Trinajstić information content (AvgIpc) is 2.63. The SMILES string of the molecule is COc1cccc(C(OC)C(=O)Nc2ccc(OC(C)C)cc2C(=O)O)c1. The van der Waals surface area contributed by atoms with Crippen molar-refractivity contribution in [2.24, 2.45) is 0 Å². The van der Waals surface area contributed by atoms with Crippen LogP contribution in [-0.2, 0) is 9.53 Å². The summed E-state index contributed by atoms with van der Waals surface area (Å²) in [4.78, 5) is 24.3. The molecule has 7 heteroatoms. The van der Waals surface area contributed by atoms with E-state index in [2.05, 4.69) is 5.32 Å². The quantitative estimate of drug-likeness (QED) is 0.735. The number of benzene rings is 2. The number of carbonyl (C=O) groups is 2. The van der Waals surface area contributed by atoms with E-state index in [1.807, 2.05) is 13.8 Å². The minimum absolute atomic E-state index is 0.0676. The van der Waals surface area contributed by atoms with Gasteiger partial charge in [-0.1, -0.05) is 12.1 Å². The molecule has 0 aliphatic heterocycles. The molecule has 1 atom stereocenters. The molecule has 144 valence electrons. The smallest absolute Gasteiger partial charge is 0.337 e. The van der Waals surface area contributed by atoms with Crippen LogP contribution in [0, 0.1) is 0 Å². The highest BCUT2D eigenvalue weighted by Gasteiger charge is 2.23. The summed E-state index contributed by atoms with van der Waals surface area (Å²) in [5, 5.41) is 12.1. The van der Waals surface area contributed by atoms with Crippen molar-refractivity contribution in [3.8, 4) is 11.5 Å². The summed E-state index contributed by atoms with van der Waals surface area (Å²) in [5.41, 5.74) is 0.682. The number of carboxylic acid groups (broad SMARTS) is 1. The van der Waals surface area contributed by atoms with Gasteiger partial charge >= 0.3 is 5.97 Å². The molecule has 2 N–H and O–H groups in total. The first-order valence-electron chi connectivity index (χ1n) is 8.37. The zero-order chi connectivity index (χ0) is 20.0. The highest BCUT2D eigenvalue weighted by molar-refractivity contribution is 6.02. The Morgan fingerprint density at radius 2 is 1.78 bits per heavy atom. The van der Waals surface area contributed by atoms with Crippen molar-refractivity contribution in [2.45, 2.75) is 26.1 Å². The lowest BCUT2D eigenvalue weighted by Crippen LogP contribution is -2.23. The number of hydrogen-bond acceptors (Lipinski definition) is 5. The van der Waals surface area contributed by atoms with Crippen molar-refractivity contribution in [3.63, 3.8) is 0 Å². The van der Waals surface area contributed by atoms with Gasteiger partial charge in [-0.25, -0.2) is 4.79 Å². The van der Waals surface area contributed by atoms with Crippen LogP contribution in [0.5, 0.6) is 11.5 Å². The molecule has 0 saturated heterocycles. The van der Waals surface area contributed by atoms with Crippen molar-refractivity contribution in [2.75, 3.05) is 19.5 Å². The third-order valence-corrected chi connectivity index (χ3v) is 3.72. The Bertz CT molecular complexity index is 818. The van der Waals surface area contributed by atoms with E-state index in [1.165, 1.54) is 26.4 Å². The fraction of sp³-hybridized carbons (Fsp3) is 0.300. The standard InChI is InChI=1S/C20H23NO6/c1-12(2)27-15-8-9-17(16(11-15)20(23)24)21-19(22)18(26-4)13-6-5-7-14(10-13)25-3/h5-12,18H,1-4H3,(H,21,22)(H,23,24). The number of aromatic carboxylic acids is 1. The van der Waals surface area contributed by atoms with E-state index >= 15 is 0 Å². The van der Waals surface area contributed by atoms with E-state index in [-0.39, 0.29) is 17.4 Å². The van der Waals surface area contributed by atoms with Gasteiger partial charge in [0.05, 0.1) is 24.5 Å². The van der Waals surface area contributed by atoms with Crippen molar-refractivity contribution >= 4 is 17.6 Å². The summed E-state index contributed by atoms with van der Waals surface area (Å²) in [7, 11) is 2.93. The fourth-order valence-corrected chi connectivity index (χ4v) is 2.55. The van der Waals surface area contributed by atoms with E-state index in [0.717, 1.165) is 0 Å². The van der Waals surface area contributed by atoms with Gasteiger partial charge in [0.15, 0.2) is 6.10 Å². The first-order chi connectivity index (χ1) is 12.8. The molecule has 0 fully saturated rings. The number of rotatable bonds is 8. The van der Waals surface area contributed by atoms with E-state index in [9.17, 15) is 14.7 Å². The third kappa shape index (κ3) is 5.21. The molecule has 1 unspecified atom stereocenters. The third-order valence-electron chi connectivity index (χ3n) is 3.72. The molecule has 0 spiro atoms. The number of carbonyl (C=O) groups excluding carboxylic acids is 1. The van der Waals surface area contributed by atoms with Gasteiger partial charge in [-0.15, -0.1) is 0 Å². The number of hydrogen-bond donors (Lipinski definition) is 2. The van der Waals surface area contributed by atoms with Crippen LogP contribution in [-0.4, -0.2) is 37.3 Å². The normalized spacial score (nSPS) is 11.7. The Morgan fingerprint density at radius 3 is 2.37 bits per heavy atom. The second kappa shape index (κ2) is 9.05. The van der Waals surface area contributed by atoms with Crippen molar-refractivity contribution < 1.29 is 28.9 Å². The molecule has 0 radical (unpaired) electrons. The molecule has 0 aromatic heterocycles. The van der Waals surface area contributed by atoms with Gasteiger partial charge in [-0.3, -0.25) is 4.79 Å². The molecule has 0 aliphatic carbocycles. The lowest BCUT2D eigenvalue weighted by Gasteiger charge is -2.18. The molecule has 27 heavy (non-hydrogen) atoms. The first kappa shape index (κ1) is 20.3. The van der Waals surface area contributed by atoms with Crippen LogP contribution < -0.4 is 14.8 Å². The largest absolute Gasteiger partial charge is 0.497 e. The molecule has 0 bridgehead atoms. The number of carboxylic acids is 1. The summed E-state index contributed by atoms with van der Waals surface area (Å²) in [6.45, 7) is 3.68. The highest BCUT2D eigenvalue weighted by Crippen LogP contribution is 2.27. The zero-order valence-corrected chi connectivity index (χ0v) is 15.7. The van der Waals surface area contributed by atoms with Crippen molar-refractivity contribution in [3.05, 3.63) is 53.6 Å². The minimum Gasteiger partial charge on any atom is -0.497 e. The molecule has 0 saturated carbocycles. The van der Waals surface area contributed by atoms with Crippen LogP contribution in [0.1, 0.15) is 35.9 Å². The lowest BCUT2D eigenvalue weighted by molar-refractivity contribution is -0.126. The summed E-state index contributed by atoms with van der Waals surface area (Å²) in [5.74, 6) is -0.666. The second-order valence-electron chi connectivity index (χ2n) is 6.06.